The van der Waals surface area contributed by atoms with E-state index in [0.29, 0.717) is 18.0 Å². The Hall–Kier alpha value is -2.28. The minimum atomic E-state index is -4.68. The highest BCUT2D eigenvalue weighted by Gasteiger charge is 2.37. The Balaban J connectivity index is 1.73. The van der Waals surface area contributed by atoms with Gasteiger partial charge in [-0.25, -0.2) is 0 Å². The van der Waals surface area contributed by atoms with E-state index in [9.17, 15) is 18.0 Å². The van der Waals surface area contributed by atoms with Crippen LogP contribution in [0.25, 0.3) is 0 Å². The second kappa shape index (κ2) is 7.53. The van der Waals surface area contributed by atoms with E-state index in [2.05, 4.69) is 10.3 Å². The molecule has 1 aromatic carbocycles. The van der Waals surface area contributed by atoms with E-state index in [4.69, 9.17) is 11.6 Å². The normalized spacial score (nSPS) is 17.8. The van der Waals surface area contributed by atoms with Crippen LogP contribution in [0.1, 0.15) is 28.9 Å². The van der Waals surface area contributed by atoms with Gasteiger partial charge in [0.15, 0.2) is 5.69 Å². The minimum absolute atomic E-state index is 0.270. The molecule has 1 atom stereocenters. The van der Waals surface area contributed by atoms with Gasteiger partial charge in [0, 0.05) is 25.3 Å². The SMILES string of the molecule is O=C(NC1CCCN(c2ccccc2Cl)C1)c1cccnc1C(F)(F)F. The van der Waals surface area contributed by atoms with Gasteiger partial charge in [-0.2, -0.15) is 13.2 Å². The van der Waals surface area contributed by atoms with Crippen molar-refractivity contribution < 1.29 is 18.0 Å². The highest BCUT2D eigenvalue weighted by atomic mass is 35.5. The molecule has 1 aliphatic heterocycles. The number of nitrogens with zero attached hydrogens (tertiary/aromatic N) is 2. The van der Waals surface area contributed by atoms with Gasteiger partial charge in [0.05, 0.1) is 16.3 Å². The maximum absolute atomic E-state index is 13.0. The predicted octanol–water partition coefficient (Wildman–Crippen LogP) is 4.15. The molecule has 138 valence electrons. The van der Waals surface area contributed by atoms with Crippen LogP contribution in [-0.4, -0.2) is 30.0 Å². The van der Waals surface area contributed by atoms with Gasteiger partial charge < -0.3 is 10.2 Å². The van der Waals surface area contributed by atoms with Crippen LogP contribution in [0.3, 0.4) is 0 Å². The van der Waals surface area contributed by atoms with Crippen molar-refractivity contribution in [1.82, 2.24) is 10.3 Å². The lowest BCUT2D eigenvalue weighted by atomic mass is 10.0. The molecule has 26 heavy (non-hydrogen) atoms. The molecule has 0 saturated carbocycles. The van der Waals surface area contributed by atoms with Gasteiger partial charge >= 0.3 is 6.18 Å². The molecule has 1 unspecified atom stereocenters. The number of rotatable bonds is 3. The molecule has 0 spiro atoms. The second-order valence-electron chi connectivity index (χ2n) is 6.11. The van der Waals surface area contributed by atoms with E-state index in [1.165, 1.54) is 6.07 Å². The summed E-state index contributed by atoms with van der Waals surface area (Å²) in [6.45, 7) is 1.26. The number of para-hydroxylation sites is 1. The van der Waals surface area contributed by atoms with Crippen LogP contribution in [0, 0.1) is 0 Å². The summed E-state index contributed by atoms with van der Waals surface area (Å²) < 4.78 is 39.1. The second-order valence-corrected chi connectivity index (χ2v) is 6.51. The van der Waals surface area contributed by atoms with Gasteiger partial charge in [-0.15, -0.1) is 0 Å². The average Bonchev–Trinajstić information content (AvgIpc) is 2.61. The summed E-state index contributed by atoms with van der Waals surface area (Å²) in [6, 6.07) is 9.56. The topological polar surface area (TPSA) is 45.2 Å². The quantitative estimate of drug-likeness (QED) is 0.866. The molecule has 0 radical (unpaired) electrons. The van der Waals surface area contributed by atoms with Crippen molar-refractivity contribution in [3.05, 3.63) is 58.9 Å². The third-order valence-electron chi connectivity index (χ3n) is 4.27. The summed E-state index contributed by atoms with van der Waals surface area (Å²) in [5.41, 5.74) is -0.781. The Morgan fingerprint density at radius 1 is 1.23 bits per heavy atom. The number of hydrogen-bond acceptors (Lipinski definition) is 3. The van der Waals surface area contributed by atoms with Crippen molar-refractivity contribution in [2.45, 2.75) is 25.1 Å². The summed E-state index contributed by atoms with van der Waals surface area (Å²) in [4.78, 5) is 17.8. The van der Waals surface area contributed by atoms with Gasteiger partial charge in [0.1, 0.15) is 0 Å². The molecular weight excluding hydrogens is 367 g/mol. The molecule has 8 heteroatoms. The van der Waals surface area contributed by atoms with Gasteiger partial charge in [0.2, 0.25) is 0 Å². The number of carbonyl (C=O) groups excluding carboxylic acids is 1. The number of hydrogen-bond donors (Lipinski definition) is 1. The molecule has 0 aliphatic carbocycles. The summed E-state index contributed by atoms with van der Waals surface area (Å²) in [6.07, 6.45) is -2.16. The standard InChI is InChI=1S/C18H17ClF3N3O/c19-14-7-1-2-8-15(14)25-10-4-5-12(11-25)24-17(26)13-6-3-9-23-16(13)18(20,21)22/h1-3,6-9,12H,4-5,10-11H2,(H,24,26). The number of piperidine rings is 1. The molecule has 1 fully saturated rings. The molecule has 1 aromatic heterocycles. The minimum Gasteiger partial charge on any atom is -0.368 e. The van der Waals surface area contributed by atoms with Gasteiger partial charge in [-0.05, 0) is 37.1 Å². The van der Waals surface area contributed by atoms with Crippen molar-refractivity contribution in [3.63, 3.8) is 0 Å². The lowest BCUT2D eigenvalue weighted by molar-refractivity contribution is -0.141. The number of benzene rings is 1. The number of aromatic nitrogens is 1. The molecule has 1 aliphatic rings. The van der Waals surface area contributed by atoms with Crippen molar-refractivity contribution in [3.8, 4) is 0 Å². The Labute approximate surface area is 154 Å². The van der Waals surface area contributed by atoms with Crippen LogP contribution in [0.5, 0.6) is 0 Å². The van der Waals surface area contributed by atoms with E-state index in [-0.39, 0.29) is 6.04 Å². The van der Waals surface area contributed by atoms with E-state index in [0.717, 1.165) is 30.9 Å². The fraction of sp³-hybridized carbons (Fsp3) is 0.333. The van der Waals surface area contributed by atoms with Gasteiger partial charge in [0.25, 0.3) is 5.91 Å². The first-order chi connectivity index (χ1) is 12.4. The van der Waals surface area contributed by atoms with Crippen LogP contribution in [0.2, 0.25) is 5.02 Å². The summed E-state index contributed by atoms with van der Waals surface area (Å²) >= 11 is 6.22. The molecule has 1 amide bonds. The monoisotopic (exact) mass is 383 g/mol. The van der Waals surface area contributed by atoms with Crippen molar-refractivity contribution >= 4 is 23.2 Å². The Morgan fingerprint density at radius 2 is 2.00 bits per heavy atom. The Bertz CT molecular complexity index is 797. The molecular formula is C18H17ClF3N3O. The number of nitrogens with one attached hydrogen (secondary N) is 1. The van der Waals surface area contributed by atoms with E-state index in [1.54, 1.807) is 6.07 Å². The van der Waals surface area contributed by atoms with E-state index < -0.39 is 23.3 Å². The fourth-order valence-electron chi connectivity index (χ4n) is 3.10. The van der Waals surface area contributed by atoms with E-state index in [1.807, 2.05) is 23.1 Å². The van der Waals surface area contributed by atoms with Gasteiger partial charge in [-0.3, -0.25) is 9.78 Å². The molecule has 4 nitrogen and oxygen atoms in total. The lowest BCUT2D eigenvalue weighted by Crippen LogP contribution is -2.48. The lowest BCUT2D eigenvalue weighted by Gasteiger charge is -2.35. The van der Waals surface area contributed by atoms with Crippen LogP contribution < -0.4 is 10.2 Å². The van der Waals surface area contributed by atoms with Gasteiger partial charge in [-0.1, -0.05) is 23.7 Å². The van der Waals surface area contributed by atoms with Crippen molar-refractivity contribution in [2.75, 3.05) is 18.0 Å². The highest BCUT2D eigenvalue weighted by molar-refractivity contribution is 6.33. The molecule has 2 aromatic rings. The fourth-order valence-corrected chi connectivity index (χ4v) is 3.35. The molecule has 1 saturated heterocycles. The number of amides is 1. The zero-order valence-electron chi connectivity index (χ0n) is 13.8. The predicted molar refractivity (Wildman–Crippen MR) is 93.4 cm³/mol. The molecule has 0 bridgehead atoms. The Kier molecular flexibility index (Phi) is 5.36. The first-order valence-corrected chi connectivity index (χ1v) is 8.56. The number of halogens is 4. The van der Waals surface area contributed by atoms with Crippen molar-refractivity contribution in [1.29, 1.82) is 0 Å². The largest absolute Gasteiger partial charge is 0.434 e. The van der Waals surface area contributed by atoms with Crippen LogP contribution in [0.15, 0.2) is 42.6 Å². The number of carbonyl (C=O) groups is 1. The zero-order chi connectivity index (χ0) is 18.7. The number of pyridine rings is 1. The smallest absolute Gasteiger partial charge is 0.368 e. The average molecular weight is 384 g/mol. The highest BCUT2D eigenvalue weighted by Crippen LogP contribution is 2.31. The molecule has 3 rings (SSSR count). The zero-order valence-corrected chi connectivity index (χ0v) is 14.5. The summed E-state index contributed by atoms with van der Waals surface area (Å²) in [5.74, 6) is -0.767. The van der Waals surface area contributed by atoms with Crippen molar-refractivity contribution in [2.24, 2.45) is 0 Å². The third kappa shape index (κ3) is 4.09. The molecule has 1 N–H and O–H groups in total. The van der Waals surface area contributed by atoms with E-state index >= 15 is 0 Å². The third-order valence-corrected chi connectivity index (χ3v) is 4.59. The maximum Gasteiger partial charge on any atom is 0.434 e. The summed E-state index contributed by atoms with van der Waals surface area (Å²) in [7, 11) is 0. The number of anilines is 1. The summed E-state index contributed by atoms with van der Waals surface area (Å²) in [5, 5.41) is 3.31. The van der Waals surface area contributed by atoms with Crippen LogP contribution in [0.4, 0.5) is 18.9 Å². The van der Waals surface area contributed by atoms with Crippen LogP contribution in [-0.2, 0) is 6.18 Å². The number of alkyl halides is 3. The van der Waals surface area contributed by atoms with Crippen LogP contribution >= 0.6 is 11.6 Å². The molecule has 2 heterocycles. The first kappa shape index (κ1) is 18.5. The first-order valence-electron chi connectivity index (χ1n) is 8.19. The Morgan fingerprint density at radius 3 is 2.73 bits per heavy atom. The maximum atomic E-state index is 13.0.